The number of carbonyl (C=O) groups excluding carboxylic acids is 1. The zero-order valence-electron chi connectivity index (χ0n) is 14.1. The first kappa shape index (κ1) is 16.6. The van der Waals surface area contributed by atoms with Crippen molar-refractivity contribution in [3.63, 3.8) is 0 Å². The number of amides is 1. The van der Waals surface area contributed by atoms with Crippen LogP contribution < -0.4 is 10.6 Å². The Kier molecular flexibility index (Phi) is 4.52. The third kappa shape index (κ3) is 3.18. The van der Waals surface area contributed by atoms with E-state index in [0.717, 1.165) is 36.2 Å². The Labute approximate surface area is 156 Å². The SMILES string of the molecule is NC(=O)CN1c2c(Br)cccc2C2CN(Cc3ccccc3)CC[C@H]21. The number of anilines is 1. The molecule has 0 aromatic heterocycles. The van der Waals surface area contributed by atoms with Gasteiger partial charge in [0.1, 0.15) is 0 Å². The molecular weight excluding hydrogens is 378 g/mol. The summed E-state index contributed by atoms with van der Waals surface area (Å²) in [7, 11) is 0. The standard InChI is InChI=1S/C20H22BrN3O/c21-17-8-4-7-15-16-12-23(11-14-5-2-1-3-6-14)10-9-18(16)24(20(15)17)13-19(22)25/h1-8,16,18H,9-13H2,(H2,22,25)/t16?,18-/m1/s1. The topological polar surface area (TPSA) is 49.6 Å². The highest BCUT2D eigenvalue weighted by atomic mass is 79.9. The van der Waals surface area contributed by atoms with Gasteiger partial charge in [-0.2, -0.15) is 0 Å². The van der Waals surface area contributed by atoms with Crippen molar-refractivity contribution in [3.8, 4) is 0 Å². The van der Waals surface area contributed by atoms with Gasteiger partial charge in [0.2, 0.25) is 5.91 Å². The molecule has 2 aliphatic rings. The van der Waals surface area contributed by atoms with Gasteiger partial charge in [0.05, 0.1) is 12.2 Å². The number of rotatable bonds is 4. The highest BCUT2D eigenvalue weighted by molar-refractivity contribution is 9.10. The van der Waals surface area contributed by atoms with E-state index in [1.807, 2.05) is 6.07 Å². The number of nitrogens with two attached hydrogens (primary N) is 1. The minimum absolute atomic E-state index is 0.269. The summed E-state index contributed by atoms with van der Waals surface area (Å²) in [6.07, 6.45) is 1.05. The molecule has 1 unspecified atom stereocenters. The van der Waals surface area contributed by atoms with E-state index >= 15 is 0 Å². The second-order valence-electron chi connectivity index (χ2n) is 6.96. The lowest BCUT2D eigenvalue weighted by molar-refractivity contribution is -0.116. The highest BCUT2D eigenvalue weighted by Crippen LogP contribution is 2.47. The predicted molar refractivity (Wildman–Crippen MR) is 104 cm³/mol. The number of hydrogen-bond donors (Lipinski definition) is 1. The van der Waals surface area contributed by atoms with Gasteiger partial charge in [-0.15, -0.1) is 0 Å². The van der Waals surface area contributed by atoms with Crippen molar-refractivity contribution >= 4 is 27.5 Å². The summed E-state index contributed by atoms with van der Waals surface area (Å²) >= 11 is 3.67. The Morgan fingerprint density at radius 3 is 2.72 bits per heavy atom. The fourth-order valence-corrected chi connectivity index (χ4v) is 4.94. The van der Waals surface area contributed by atoms with Gasteiger partial charge < -0.3 is 10.6 Å². The summed E-state index contributed by atoms with van der Waals surface area (Å²) in [6.45, 7) is 3.31. The molecular formula is C20H22BrN3O. The lowest BCUT2D eigenvalue weighted by atomic mass is 9.89. The Balaban J connectivity index is 1.60. The molecule has 1 fully saturated rings. The van der Waals surface area contributed by atoms with E-state index in [-0.39, 0.29) is 12.5 Å². The van der Waals surface area contributed by atoms with Crippen LogP contribution in [0.3, 0.4) is 0 Å². The first-order valence-electron chi connectivity index (χ1n) is 8.73. The number of para-hydroxylation sites is 1. The quantitative estimate of drug-likeness (QED) is 0.858. The van der Waals surface area contributed by atoms with Crippen molar-refractivity contribution in [1.82, 2.24) is 4.90 Å². The third-order valence-corrected chi connectivity index (χ3v) is 5.98. The van der Waals surface area contributed by atoms with E-state index in [9.17, 15) is 4.79 Å². The van der Waals surface area contributed by atoms with E-state index in [1.165, 1.54) is 11.1 Å². The van der Waals surface area contributed by atoms with Crippen molar-refractivity contribution in [1.29, 1.82) is 0 Å². The number of carbonyl (C=O) groups is 1. The van der Waals surface area contributed by atoms with Crippen molar-refractivity contribution in [2.24, 2.45) is 5.73 Å². The number of hydrogen-bond acceptors (Lipinski definition) is 3. The fourth-order valence-electron chi connectivity index (χ4n) is 4.34. The number of halogens is 1. The third-order valence-electron chi connectivity index (χ3n) is 5.34. The number of nitrogens with zero attached hydrogens (tertiary/aromatic N) is 2. The van der Waals surface area contributed by atoms with Crippen LogP contribution in [0.4, 0.5) is 5.69 Å². The predicted octanol–water partition coefficient (Wildman–Crippen LogP) is 3.11. The molecule has 4 rings (SSSR count). The molecule has 1 saturated heterocycles. The van der Waals surface area contributed by atoms with Crippen LogP contribution in [0.2, 0.25) is 0 Å². The van der Waals surface area contributed by atoms with Crippen LogP contribution in [0.15, 0.2) is 53.0 Å². The molecule has 2 heterocycles. The molecule has 1 amide bonds. The average Bonchev–Trinajstić information content (AvgIpc) is 2.90. The van der Waals surface area contributed by atoms with Gasteiger partial charge in [0.15, 0.2) is 0 Å². The van der Waals surface area contributed by atoms with E-state index in [0.29, 0.717) is 12.0 Å². The molecule has 25 heavy (non-hydrogen) atoms. The van der Waals surface area contributed by atoms with Gasteiger partial charge in [-0.25, -0.2) is 0 Å². The molecule has 0 radical (unpaired) electrons. The maximum absolute atomic E-state index is 11.6. The fraction of sp³-hybridized carbons (Fsp3) is 0.350. The summed E-state index contributed by atoms with van der Waals surface area (Å²) in [5, 5.41) is 0. The lowest BCUT2D eigenvalue weighted by Crippen LogP contribution is -2.48. The minimum Gasteiger partial charge on any atom is -0.368 e. The lowest BCUT2D eigenvalue weighted by Gasteiger charge is -2.38. The number of primary amides is 1. The first-order valence-corrected chi connectivity index (χ1v) is 9.52. The van der Waals surface area contributed by atoms with Gasteiger partial charge in [-0.05, 0) is 39.5 Å². The number of piperidine rings is 1. The van der Waals surface area contributed by atoms with Crippen molar-refractivity contribution in [2.45, 2.75) is 24.9 Å². The molecule has 2 aliphatic heterocycles. The zero-order valence-corrected chi connectivity index (χ0v) is 15.7. The number of likely N-dealkylation sites (tertiary alicyclic amines) is 1. The molecule has 0 bridgehead atoms. The van der Waals surface area contributed by atoms with Gasteiger partial charge >= 0.3 is 0 Å². The summed E-state index contributed by atoms with van der Waals surface area (Å²) in [4.78, 5) is 16.3. The van der Waals surface area contributed by atoms with Crippen LogP contribution in [-0.4, -0.2) is 36.5 Å². The smallest absolute Gasteiger partial charge is 0.236 e. The summed E-state index contributed by atoms with van der Waals surface area (Å²) < 4.78 is 1.05. The molecule has 4 nitrogen and oxygen atoms in total. The molecule has 2 atom stereocenters. The molecule has 2 aromatic carbocycles. The van der Waals surface area contributed by atoms with E-state index in [1.54, 1.807) is 0 Å². The van der Waals surface area contributed by atoms with Crippen LogP contribution in [-0.2, 0) is 11.3 Å². The van der Waals surface area contributed by atoms with Crippen molar-refractivity contribution < 1.29 is 4.79 Å². The molecule has 5 heteroatoms. The summed E-state index contributed by atoms with van der Waals surface area (Å²) in [6, 6.07) is 17.3. The van der Waals surface area contributed by atoms with Crippen LogP contribution >= 0.6 is 15.9 Å². The number of fused-ring (bicyclic) bond motifs is 3. The molecule has 2 N–H and O–H groups in total. The van der Waals surface area contributed by atoms with Gasteiger partial charge in [0, 0.05) is 36.1 Å². The largest absolute Gasteiger partial charge is 0.368 e. The van der Waals surface area contributed by atoms with E-state index in [4.69, 9.17) is 5.73 Å². The average molecular weight is 400 g/mol. The monoisotopic (exact) mass is 399 g/mol. The van der Waals surface area contributed by atoms with Crippen molar-refractivity contribution in [2.75, 3.05) is 24.5 Å². The van der Waals surface area contributed by atoms with Gasteiger partial charge in [-0.3, -0.25) is 9.69 Å². The normalized spacial score (nSPS) is 22.5. The Bertz CT molecular complexity index is 780. The van der Waals surface area contributed by atoms with Gasteiger partial charge in [-0.1, -0.05) is 42.5 Å². The maximum Gasteiger partial charge on any atom is 0.236 e. The van der Waals surface area contributed by atoms with E-state index < -0.39 is 0 Å². The summed E-state index contributed by atoms with van der Waals surface area (Å²) in [5.41, 5.74) is 9.36. The zero-order chi connectivity index (χ0) is 17.4. The first-order chi connectivity index (χ1) is 12.1. The molecule has 0 aliphatic carbocycles. The van der Waals surface area contributed by atoms with Crippen LogP contribution in [0.5, 0.6) is 0 Å². The Morgan fingerprint density at radius 2 is 1.96 bits per heavy atom. The summed E-state index contributed by atoms with van der Waals surface area (Å²) in [5.74, 6) is 0.151. The van der Waals surface area contributed by atoms with E-state index in [2.05, 4.69) is 68.2 Å². The molecule has 130 valence electrons. The number of benzene rings is 2. The molecule has 2 aromatic rings. The second kappa shape index (κ2) is 6.81. The second-order valence-corrected chi connectivity index (χ2v) is 7.81. The van der Waals surface area contributed by atoms with Crippen molar-refractivity contribution in [3.05, 3.63) is 64.1 Å². The minimum atomic E-state index is -0.269. The van der Waals surface area contributed by atoms with Crippen LogP contribution in [0, 0.1) is 0 Å². The highest BCUT2D eigenvalue weighted by Gasteiger charge is 2.42. The Morgan fingerprint density at radius 1 is 1.16 bits per heavy atom. The maximum atomic E-state index is 11.6. The molecule has 0 saturated carbocycles. The Hall–Kier alpha value is -1.85. The van der Waals surface area contributed by atoms with Gasteiger partial charge in [0.25, 0.3) is 0 Å². The van der Waals surface area contributed by atoms with Crippen LogP contribution in [0.25, 0.3) is 0 Å². The van der Waals surface area contributed by atoms with Crippen LogP contribution in [0.1, 0.15) is 23.5 Å². The molecule has 0 spiro atoms.